The number of hydrogen-bond acceptors (Lipinski definition) is 2. The van der Waals surface area contributed by atoms with Crippen molar-refractivity contribution < 1.29 is 4.79 Å². The predicted molar refractivity (Wildman–Crippen MR) is 43.7 cm³/mol. The van der Waals surface area contributed by atoms with E-state index in [1.54, 1.807) is 10.7 Å². The Kier molecular flexibility index (Phi) is 1.43. The molecule has 1 aromatic heterocycles. The zero-order valence-electron chi connectivity index (χ0n) is 6.95. The second kappa shape index (κ2) is 2.33. The van der Waals surface area contributed by atoms with Gasteiger partial charge in [-0.15, -0.1) is 0 Å². The van der Waals surface area contributed by atoms with Crippen molar-refractivity contribution in [2.45, 2.75) is 18.8 Å². The molecule has 4 nitrogen and oxygen atoms in total. The second-order valence-electron chi connectivity index (χ2n) is 3.22. The molecule has 0 saturated heterocycles. The van der Waals surface area contributed by atoms with Crippen LogP contribution in [-0.4, -0.2) is 15.7 Å². The third-order valence-electron chi connectivity index (χ3n) is 2.16. The number of hydrogen-bond donors (Lipinski definition) is 1. The van der Waals surface area contributed by atoms with Crippen LogP contribution in [0.5, 0.6) is 0 Å². The number of amides is 1. The van der Waals surface area contributed by atoms with Crippen molar-refractivity contribution in [1.29, 1.82) is 0 Å². The Morgan fingerprint density at radius 1 is 1.75 bits per heavy atom. The molecule has 1 amide bonds. The highest BCUT2D eigenvalue weighted by atomic mass is 16.1. The summed E-state index contributed by atoms with van der Waals surface area (Å²) >= 11 is 0. The van der Waals surface area contributed by atoms with Crippen LogP contribution in [-0.2, 0) is 7.05 Å². The van der Waals surface area contributed by atoms with Gasteiger partial charge in [0, 0.05) is 18.7 Å². The highest BCUT2D eigenvalue weighted by Gasteiger charge is 2.27. The molecule has 12 heavy (non-hydrogen) atoms. The van der Waals surface area contributed by atoms with E-state index in [0.717, 1.165) is 5.69 Å². The third-order valence-corrected chi connectivity index (χ3v) is 2.16. The SMILES string of the molecule is Cn1nc(C(N)=O)cc1C1CC1. The molecule has 1 saturated carbocycles. The van der Waals surface area contributed by atoms with Gasteiger partial charge in [-0.2, -0.15) is 5.10 Å². The first kappa shape index (κ1) is 7.34. The van der Waals surface area contributed by atoms with Crippen molar-refractivity contribution in [2.75, 3.05) is 0 Å². The van der Waals surface area contributed by atoms with Gasteiger partial charge in [0.25, 0.3) is 5.91 Å². The van der Waals surface area contributed by atoms with Gasteiger partial charge in [0.15, 0.2) is 0 Å². The number of primary amides is 1. The largest absolute Gasteiger partial charge is 0.364 e. The molecule has 0 radical (unpaired) electrons. The number of aryl methyl sites for hydroxylation is 1. The second-order valence-corrected chi connectivity index (χ2v) is 3.22. The van der Waals surface area contributed by atoms with Gasteiger partial charge in [-0.1, -0.05) is 0 Å². The van der Waals surface area contributed by atoms with Crippen LogP contribution in [0.3, 0.4) is 0 Å². The monoisotopic (exact) mass is 165 g/mol. The zero-order valence-corrected chi connectivity index (χ0v) is 6.95. The minimum Gasteiger partial charge on any atom is -0.364 e. The number of aromatic nitrogens is 2. The summed E-state index contributed by atoms with van der Waals surface area (Å²) in [5.74, 6) is 0.160. The molecule has 4 heteroatoms. The lowest BCUT2D eigenvalue weighted by molar-refractivity contribution is 0.0995. The molecule has 64 valence electrons. The van der Waals surface area contributed by atoms with Gasteiger partial charge in [0.2, 0.25) is 0 Å². The summed E-state index contributed by atoms with van der Waals surface area (Å²) in [6.45, 7) is 0. The van der Waals surface area contributed by atoms with E-state index in [0.29, 0.717) is 11.6 Å². The zero-order chi connectivity index (χ0) is 8.72. The van der Waals surface area contributed by atoms with Gasteiger partial charge < -0.3 is 5.73 Å². The third kappa shape index (κ3) is 1.09. The van der Waals surface area contributed by atoms with Gasteiger partial charge in [-0.3, -0.25) is 9.48 Å². The quantitative estimate of drug-likeness (QED) is 0.689. The Hall–Kier alpha value is -1.32. The van der Waals surface area contributed by atoms with Crippen molar-refractivity contribution in [2.24, 2.45) is 12.8 Å². The Balaban J connectivity index is 2.36. The Morgan fingerprint density at radius 3 is 2.83 bits per heavy atom. The molecule has 2 N–H and O–H groups in total. The average molecular weight is 165 g/mol. The van der Waals surface area contributed by atoms with E-state index in [2.05, 4.69) is 5.10 Å². The molecule has 0 aliphatic heterocycles. The van der Waals surface area contributed by atoms with Crippen LogP contribution in [0, 0.1) is 0 Å². The number of nitrogens with two attached hydrogens (primary N) is 1. The minimum absolute atomic E-state index is 0.374. The van der Waals surface area contributed by atoms with Crippen molar-refractivity contribution in [1.82, 2.24) is 9.78 Å². The van der Waals surface area contributed by atoms with E-state index in [-0.39, 0.29) is 0 Å². The lowest BCUT2D eigenvalue weighted by atomic mass is 10.2. The smallest absolute Gasteiger partial charge is 0.269 e. The van der Waals surface area contributed by atoms with E-state index in [1.807, 2.05) is 7.05 Å². The summed E-state index contributed by atoms with van der Waals surface area (Å²) in [5, 5.41) is 4.01. The van der Waals surface area contributed by atoms with E-state index in [9.17, 15) is 4.79 Å². The van der Waals surface area contributed by atoms with E-state index < -0.39 is 5.91 Å². The molecule has 1 aliphatic rings. The van der Waals surface area contributed by atoms with Crippen LogP contribution < -0.4 is 5.73 Å². The van der Waals surface area contributed by atoms with E-state index in [1.165, 1.54) is 12.8 Å². The highest BCUT2D eigenvalue weighted by Crippen LogP contribution is 2.39. The van der Waals surface area contributed by atoms with Crippen LogP contribution in [0.1, 0.15) is 34.9 Å². The number of carbonyl (C=O) groups excluding carboxylic acids is 1. The van der Waals surface area contributed by atoms with Gasteiger partial charge in [0.1, 0.15) is 5.69 Å². The first-order valence-electron chi connectivity index (χ1n) is 4.02. The van der Waals surface area contributed by atoms with Crippen molar-refractivity contribution in [3.8, 4) is 0 Å². The predicted octanol–water partition coefficient (Wildman–Crippen LogP) is 0.396. The fourth-order valence-corrected chi connectivity index (χ4v) is 1.36. The first-order valence-corrected chi connectivity index (χ1v) is 4.02. The number of rotatable bonds is 2. The van der Waals surface area contributed by atoms with Crippen LogP contribution in [0.2, 0.25) is 0 Å². The fraction of sp³-hybridized carbons (Fsp3) is 0.500. The lowest BCUT2D eigenvalue weighted by Crippen LogP contribution is -2.11. The molecule has 0 spiro atoms. The van der Waals surface area contributed by atoms with Crippen LogP contribution >= 0.6 is 0 Å². The van der Waals surface area contributed by atoms with Gasteiger partial charge in [-0.05, 0) is 18.9 Å². The minimum atomic E-state index is -0.447. The molecule has 0 bridgehead atoms. The number of carbonyl (C=O) groups is 1. The molecule has 0 atom stereocenters. The molecule has 1 aromatic rings. The molecular formula is C8H11N3O. The van der Waals surface area contributed by atoms with Gasteiger partial charge in [0.05, 0.1) is 0 Å². The van der Waals surface area contributed by atoms with Crippen LogP contribution in [0.15, 0.2) is 6.07 Å². The molecule has 1 aliphatic carbocycles. The molecule has 1 heterocycles. The number of nitrogens with zero attached hydrogens (tertiary/aromatic N) is 2. The van der Waals surface area contributed by atoms with Crippen molar-refractivity contribution in [3.63, 3.8) is 0 Å². The Labute approximate surface area is 70.4 Å². The normalized spacial score (nSPS) is 16.4. The maximum absolute atomic E-state index is 10.8. The summed E-state index contributed by atoms with van der Waals surface area (Å²) in [6, 6.07) is 1.79. The molecule has 1 fully saturated rings. The van der Waals surface area contributed by atoms with Crippen LogP contribution in [0.4, 0.5) is 0 Å². The maximum atomic E-state index is 10.8. The van der Waals surface area contributed by atoms with E-state index in [4.69, 9.17) is 5.73 Å². The van der Waals surface area contributed by atoms with Gasteiger partial charge >= 0.3 is 0 Å². The topological polar surface area (TPSA) is 60.9 Å². The summed E-state index contributed by atoms with van der Waals surface area (Å²) in [7, 11) is 1.85. The lowest BCUT2D eigenvalue weighted by Gasteiger charge is -1.94. The van der Waals surface area contributed by atoms with Crippen molar-refractivity contribution in [3.05, 3.63) is 17.5 Å². The molecule has 0 aromatic carbocycles. The fourth-order valence-electron chi connectivity index (χ4n) is 1.36. The summed E-state index contributed by atoms with van der Waals surface area (Å²) in [5.41, 5.74) is 6.60. The molecule has 2 rings (SSSR count). The summed E-state index contributed by atoms with van der Waals surface area (Å²) in [6.07, 6.45) is 2.41. The Morgan fingerprint density at radius 2 is 2.42 bits per heavy atom. The average Bonchev–Trinajstić information content (AvgIpc) is 2.75. The summed E-state index contributed by atoms with van der Waals surface area (Å²) < 4.78 is 1.75. The van der Waals surface area contributed by atoms with E-state index >= 15 is 0 Å². The standard InChI is InChI=1S/C8H11N3O/c1-11-7(5-2-3-5)4-6(10-11)8(9)12/h4-5H,2-3H2,1H3,(H2,9,12). The Bertz CT molecular complexity index is 325. The van der Waals surface area contributed by atoms with Crippen LogP contribution in [0.25, 0.3) is 0 Å². The van der Waals surface area contributed by atoms with Gasteiger partial charge in [-0.25, -0.2) is 0 Å². The maximum Gasteiger partial charge on any atom is 0.269 e. The molecule has 0 unspecified atom stereocenters. The van der Waals surface area contributed by atoms with Crippen molar-refractivity contribution >= 4 is 5.91 Å². The summed E-state index contributed by atoms with van der Waals surface area (Å²) in [4.78, 5) is 10.8. The highest BCUT2D eigenvalue weighted by molar-refractivity contribution is 5.90. The first-order chi connectivity index (χ1) is 5.68. The molecular weight excluding hydrogens is 154 g/mol.